The lowest BCUT2D eigenvalue weighted by molar-refractivity contribution is -0.140. The number of hydrogen-bond acceptors (Lipinski definition) is 4. The molecule has 8 heteroatoms. The average Bonchev–Trinajstić information content (AvgIpc) is 2.88. The first-order valence-electron chi connectivity index (χ1n) is 12.0. The first-order valence-corrected chi connectivity index (χ1v) is 13.8. The summed E-state index contributed by atoms with van der Waals surface area (Å²) in [4.78, 5) is 28.7. The molecular weight excluding hydrogens is 474 g/mol. The fourth-order valence-corrected chi connectivity index (χ4v) is 4.76. The number of rotatable bonds is 12. The second-order valence-corrected chi connectivity index (χ2v) is 10.5. The van der Waals surface area contributed by atoms with Crippen LogP contribution in [-0.2, 0) is 32.6 Å². The third-order valence-corrected chi connectivity index (χ3v) is 6.88. The molecule has 3 aromatic rings. The molecule has 0 unspecified atom stereocenters. The van der Waals surface area contributed by atoms with E-state index in [0.717, 1.165) is 28.1 Å². The molecule has 3 rings (SSSR count). The number of nitrogens with one attached hydrogen (secondary N) is 1. The van der Waals surface area contributed by atoms with Gasteiger partial charge in [-0.05, 0) is 29.7 Å². The van der Waals surface area contributed by atoms with Gasteiger partial charge in [-0.3, -0.25) is 13.9 Å². The van der Waals surface area contributed by atoms with Crippen LogP contribution in [0.4, 0.5) is 5.69 Å². The van der Waals surface area contributed by atoms with Crippen LogP contribution in [0, 0.1) is 0 Å². The van der Waals surface area contributed by atoms with Crippen molar-refractivity contribution < 1.29 is 18.0 Å². The maximum atomic E-state index is 13.8. The summed E-state index contributed by atoms with van der Waals surface area (Å²) in [6.45, 7) is 2.20. The summed E-state index contributed by atoms with van der Waals surface area (Å²) in [6.07, 6.45) is 2.13. The summed E-state index contributed by atoms with van der Waals surface area (Å²) in [5.41, 5.74) is 2.14. The van der Waals surface area contributed by atoms with E-state index in [1.807, 2.05) is 67.6 Å². The zero-order valence-corrected chi connectivity index (χ0v) is 21.5. The van der Waals surface area contributed by atoms with Gasteiger partial charge in [0.15, 0.2) is 0 Å². The third-order valence-electron chi connectivity index (χ3n) is 5.74. The van der Waals surface area contributed by atoms with E-state index < -0.39 is 28.5 Å². The Balaban J connectivity index is 2.00. The van der Waals surface area contributed by atoms with Gasteiger partial charge in [-0.25, -0.2) is 8.42 Å². The molecule has 0 saturated heterocycles. The van der Waals surface area contributed by atoms with Crippen LogP contribution in [0.1, 0.15) is 24.5 Å². The molecule has 7 nitrogen and oxygen atoms in total. The van der Waals surface area contributed by atoms with E-state index in [-0.39, 0.29) is 12.5 Å². The minimum atomic E-state index is -3.75. The molecule has 0 radical (unpaired) electrons. The number of hydrogen-bond donors (Lipinski definition) is 1. The van der Waals surface area contributed by atoms with E-state index in [1.54, 1.807) is 30.3 Å². The standard InChI is InChI=1S/C28H33N3O4S/c1-3-19-29-28(33)26(20-23-13-7-4-8-14-23)30(21-24-15-9-5-10-16-24)27(32)22-31(36(2,34)35)25-17-11-6-12-18-25/h4-18,26H,3,19-22H2,1-2H3,(H,29,33)/t26-/m1/s1. The second kappa shape index (κ2) is 12.9. The lowest BCUT2D eigenvalue weighted by atomic mass is 10.0. The maximum absolute atomic E-state index is 13.8. The predicted molar refractivity (Wildman–Crippen MR) is 143 cm³/mol. The molecule has 0 aliphatic heterocycles. The molecule has 0 saturated carbocycles. The average molecular weight is 508 g/mol. The predicted octanol–water partition coefficient (Wildman–Crippen LogP) is 3.62. The SMILES string of the molecule is CCCNC(=O)[C@@H](Cc1ccccc1)N(Cc1ccccc1)C(=O)CN(c1ccccc1)S(C)(=O)=O. The summed E-state index contributed by atoms with van der Waals surface area (Å²) in [5, 5.41) is 2.92. The van der Waals surface area contributed by atoms with Gasteiger partial charge < -0.3 is 10.2 Å². The highest BCUT2D eigenvalue weighted by Gasteiger charge is 2.32. The second-order valence-electron chi connectivity index (χ2n) is 8.61. The Morgan fingerprint density at radius 2 is 1.36 bits per heavy atom. The van der Waals surface area contributed by atoms with Gasteiger partial charge in [0.1, 0.15) is 12.6 Å². The van der Waals surface area contributed by atoms with E-state index in [0.29, 0.717) is 18.7 Å². The minimum Gasteiger partial charge on any atom is -0.354 e. The van der Waals surface area contributed by atoms with Gasteiger partial charge in [0.2, 0.25) is 21.8 Å². The molecule has 0 heterocycles. The Labute approximate surface area is 213 Å². The number of para-hydroxylation sites is 1. The van der Waals surface area contributed by atoms with Crippen LogP contribution in [0.2, 0.25) is 0 Å². The van der Waals surface area contributed by atoms with Gasteiger partial charge in [-0.1, -0.05) is 85.8 Å². The Kier molecular flexibility index (Phi) is 9.64. The van der Waals surface area contributed by atoms with Gasteiger partial charge in [-0.2, -0.15) is 0 Å². The van der Waals surface area contributed by atoms with Gasteiger partial charge >= 0.3 is 0 Å². The highest BCUT2D eigenvalue weighted by Crippen LogP contribution is 2.20. The molecule has 3 aromatic carbocycles. The molecule has 2 amide bonds. The van der Waals surface area contributed by atoms with Crippen molar-refractivity contribution in [3.8, 4) is 0 Å². The number of carbonyl (C=O) groups is 2. The maximum Gasteiger partial charge on any atom is 0.244 e. The van der Waals surface area contributed by atoms with E-state index in [1.165, 1.54) is 4.90 Å². The van der Waals surface area contributed by atoms with Crippen LogP contribution in [0.25, 0.3) is 0 Å². The Morgan fingerprint density at radius 1 is 0.833 bits per heavy atom. The number of sulfonamides is 1. The number of carbonyl (C=O) groups excluding carboxylic acids is 2. The van der Waals surface area contributed by atoms with Crippen molar-refractivity contribution in [1.82, 2.24) is 10.2 Å². The topological polar surface area (TPSA) is 86.8 Å². The van der Waals surface area contributed by atoms with Crippen molar-refractivity contribution in [2.75, 3.05) is 23.7 Å². The summed E-state index contributed by atoms with van der Waals surface area (Å²) >= 11 is 0. The third kappa shape index (κ3) is 7.68. The smallest absolute Gasteiger partial charge is 0.244 e. The fourth-order valence-electron chi connectivity index (χ4n) is 3.91. The normalized spacial score (nSPS) is 11.9. The Morgan fingerprint density at radius 3 is 1.89 bits per heavy atom. The molecule has 1 atom stereocenters. The minimum absolute atomic E-state index is 0.170. The van der Waals surface area contributed by atoms with E-state index in [2.05, 4.69) is 5.32 Å². The monoisotopic (exact) mass is 507 g/mol. The first kappa shape index (κ1) is 26.9. The van der Waals surface area contributed by atoms with Crippen LogP contribution in [0.5, 0.6) is 0 Å². The zero-order valence-electron chi connectivity index (χ0n) is 20.7. The molecule has 190 valence electrons. The van der Waals surface area contributed by atoms with Crippen LogP contribution in [0.3, 0.4) is 0 Å². The van der Waals surface area contributed by atoms with Crippen LogP contribution in [0.15, 0.2) is 91.0 Å². The fraction of sp³-hybridized carbons (Fsp3) is 0.286. The molecule has 0 fully saturated rings. The van der Waals surface area contributed by atoms with Crippen molar-refractivity contribution in [2.24, 2.45) is 0 Å². The Hall–Kier alpha value is -3.65. The van der Waals surface area contributed by atoms with Crippen LogP contribution in [-0.4, -0.2) is 50.5 Å². The van der Waals surface area contributed by atoms with Crippen LogP contribution >= 0.6 is 0 Å². The first-order chi connectivity index (χ1) is 17.3. The summed E-state index contributed by atoms with van der Waals surface area (Å²) in [6, 6.07) is 26.6. The lowest BCUT2D eigenvalue weighted by Crippen LogP contribution is -2.53. The van der Waals surface area contributed by atoms with E-state index >= 15 is 0 Å². The van der Waals surface area contributed by atoms with E-state index in [9.17, 15) is 18.0 Å². The highest BCUT2D eigenvalue weighted by molar-refractivity contribution is 7.92. The quantitative estimate of drug-likeness (QED) is 0.406. The zero-order chi connectivity index (χ0) is 26.0. The van der Waals surface area contributed by atoms with Crippen molar-refractivity contribution in [3.05, 3.63) is 102 Å². The summed E-state index contributed by atoms with van der Waals surface area (Å²) < 4.78 is 26.4. The number of anilines is 1. The molecular formula is C28H33N3O4S. The molecule has 0 aliphatic rings. The van der Waals surface area contributed by atoms with Crippen molar-refractivity contribution >= 4 is 27.5 Å². The molecule has 1 N–H and O–H groups in total. The molecule has 0 bridgehead atoms. The van der Waals surface area contributed by atoms with Gasteiger partial charge in [0.05, 0.1) is 11.9 Å². The van der Waals surface area contributed by atoms with Crippen LogP contribution < -0.4 is 9.62 Å². The summed E-state index contributed by atoms with van der Waals surface area (Å²) in [5.74, 6) is -0.726. The van der Waals surface area contributed by atoms with Crippen molar-refractivity contribution in [3.63, 3.8) is 0 Å². The Bertz CT molecular complexity index is 1220. The van der Waals surface area contributed by atoms with Gasteiger partial charge in [0, 0.05) is 19.5 Å². The number of amides is 2. The number of benzene rings is 3. The lowest BCUT2D eigenvalue weighted by Gasteiger charge is -2.33. The molecule has 0 spiro atoms. The largest absolute Gasteiger partial charge is 0.354 e. The van der Waals surface area contributed by atoms with Crippen molar-refractivity contribution in [2.45, 2.75) is 32.4 Å². The molecule has 0 aromatic heterocycles. The van der Waals surface area contributed by atoms with Gasteiger partial charge in [-0.15, -0.1) is 0 Å². The number of nitrogens with zero attached hydrogens (tertiary/aromatic N) is 2. The summed E-state index contributed by atoms with van der Waals surface area (Å²) in [7, 11) is -3.75. The highest BCUT2D eigenvalue weighted by atomic mass is 32.2. The molecule has 36 heavy (non-hydrogen) atoms. The van der Waals surface area contributed by atoms with Gasteiger partial charge in [0.25, 0.3) is 0 Å². The van der Waals surface area contributed by atoms with E-state index in [4.69, 9.17) is 0 Å². The van der Waals surface area contributed by atoms with Crippen molar-refractivity contribution in [1.29, 1.82) is 0 Å². The molecule has 0 aliphatic carbocycles.